The van der Waals surface area contributed by atoms with Gasteiger partial charge in [-0.05, 0) is 19.1 Å². The van der Waals surface area contributed by atoms with Gasteiger partial charge in [0.2, 0.25) is 0 Å². The average Bonchev–Trinajstić information content (AvgIpc) is 2.16. The molecule has 0 fully saturated rings. The normalized spacial score (nSPS) is 12.1. The molecule has 0 aliphatic carbocycles. The number of hydrogen-bond acceptors (Lipinski definition) is 4. The molecule has 0 heterocycles. The Bertz CT molecular complexity index is 345. The van der Waals surface area contributed by atoms with E-state index in [-0.39, 0.29) is 29.0 Å². The number of phenols is 2. The molecule has 0 saturated heterocycles. The molecular formula is C10H14N2O3. The molecule has 1 atom stereocenters. The van der Waals surface area contributed by atoms with Crippen molar-refractivity contribution in [1.82, 2.24) is 5.32 Å². The minimum Gasteiger partial charge on any atom is -0.508 e. The summed E-state index contributed by atoms with van der Waals surface area (Å²) in [6.07, 6.45) is 0. The van der Waals surface area contributed by atoms with Gasteiger partial charge in [0.25, 0.3) is 5.91 Å². The molecule has 5 heteroatoms. The molecule has 0 aromatic heterocycles. The van der Waals surface area contributed by atoms with Crippen molar-refractivity contribution in [2.24, 2.45) is 5.73 Å². The Hall–Kier alpha value is -1.75. The highest BCUT2D eigenvalue weighted by Crippen LogP contribution is 2.20. The molecule has 1 aromatic carbocycles. The number of carbonyl (C=O) groups excluding carboxylic acids is 1. The molecule has 1 amide bonds. The molecule has 0 spiro atoms. The van der Waals surface area contributed by atoms with Gasteiger partial charge in [0.1, 0.15) is 11.5 Å². The van der Waals surface area contributed by atoms with Crippen LogP contribution in [0.25, 0.3) is 0 Å². The van der Waals surface area contributed by atoms with Crippen LogP contribution in [-0.4, -0.2) is 28.7 Å². The van der Waals surface area contributed by atoms with E-state index < -0.39 is 0 Å². The molecule has 0 aliphatic heterocycles. The molecule has 0 bridgehead atoms. The van der Waals surface area contributed by atoms with E-state index in [1.807, 2.05) is 0 Å². The number of benzene rings is 1. The Kier molecular flexibility index (Phi) is 3.51. The Morgan fingerprint density at radius 2 is 1.93 bits per heavy atom. The molecule has 82 valence electrons. The smallest absolute Gasteiger partial charge is 0.251 e. The lowest BCUT2D eigenvalue weighted by molar-refractivity contribution is 0.0940. The zero-order chi connectivity index (χ0) is 11.4. The molecule has 15 heavy (non-hydrogen) atoms. The van der Waals surface area contributed by atoms with Crippen LogP contribution >= 0.6 is 0 Å². The Morgan fingerprint density at radius 1 is 1.40 bits per heavy atom. The van der Waals surface area contributed by atoms with Crippen LogP contribution in [0, 0.1) is 0 Å². The minimum atomic E-state index is -0.376. The average molecular weight is 210 g/mol. The second kappa shape index (κ2) is 4.65. The topological polar surface area (TPSA) is 95.6 Å². The van der Waals surface area contributed by atoms with Gasteiger partial charge in [0.15, 0.2) is 0 Å². The predicted molar refractivity (Wildman–Crippen MR) is 55.8 cm³/mol. The molecule has 5 nitrogen and oxygen atoms in total. The molecule has 0 saturated carbocycles. The van der Waals surface area contributed by atoms with Gasteiger partial charge in [-0.25, -0.2) is 0 Å². The van der Waals surface area contributed by atoms with E-state index in [1.165, 1.54) is 12.1 Å². The van der Waals surface area contributed by atoms with E-state index in [0.29, 0.717) is 6.54 Å². The SMILES string of the molecule is CC(CN)NC(=O)c1cc(O)cc(O)c1. The van der Waals surface area contributed by atoms with Gasteiger partial charge in [0.05, 0.1) is 0 Å². The largest absolute Gasteiger partial charge is 0.508 e. The van der Waals surface area contributed by atoms with Gasteiger partial charge in [-0.15, -0.1) is 0 Å². The number of nitrogens with two attached hydrogens (primary N) is 1. The standard InChI is InChI=1S/C10H14N2O3/c1-6(5-11)12-10(15)7-2-8(13)4-9(14)3-7/h2-4,6,13-14H,5,11H2,1H3,(H,12,15). The third-order valence-electron chi connectivity index (χ3n) is 1.90. The van der Waals surface area contributed by atoms with Crippen molar-refractivity contribution in [3.05, 3.63) is 23.8 Å². The van der Waals surface area contributed by atoms with Crippen molar-refractivity contribution >= 4 is 5.91 Å². The van der Waals surface area contributed by atoms with Crippen molar-refractivity contribution in [3.8, 4) is 11.5 Å². The van der Waals surface area contributed by atoms with Gasteiger partial charge in [0, 0.05) is 24.2 Å². The number of carbonyl (C=O) groups is 1. The summed E-state index contributed by atoms with van der Waals surface area (Å²) in [5, 5.41) is 21.0. The molecule has 1 aromatic rings. The summed E-state index contributed by atoms with van der Waals surface area (Å²) < 4.78 is 0. The maximum Gasteiger partial charge on any atom is 0.251 e. The van der Waals surface area contributed by atoms with E-state index in [1.54, 1.807) is 6.92 Å². The van der Waals surface area contributed by atoms with Crippen molar-refractivity contribution in [3.63, 3.8) is 0 Å². The van der Waals surface area contributed by atoms with Crippen LogP contribution in [-0.2, 0) is 0 Å². The fraction of sp³-hybridized carbons (Fsp3) is 0.300. The fourth-order valence-corrected chi connectivity index (χ4v) is 1.09. The van der Waals surface area contributed by atoms with Crippen molar-refractivity contribution < 1.29 is 15.0 Å². The highest BCUT2D eigenvalue weighted by Gasteiger charge is 2.10. The van der Waals surface area contributed by atoms with Crippen LogP contribution in [0.2, 0.25) is 0 Å². The van der Waals surface area contributed by atoms with Gasteiger partial charge < -0.3 is 21.3 Å². The van der Waals surface area contributed by atoms with Gasteiger partial charge >= 0.3 is 0 Å². The molecule has 1 unspecified atom stereocenters. The number of rotatable bonds is 3. The second-order valence-electron chi connectivity index (χ2n) is 3.35. The summed E-state index contributed by atoms with van der Waals surface area (Å²) in [6.45, 7) is 2.09. The third kappa shape index (κ3) is 3.14. The Balaban J connectivity index is 2.82. The van der Waals surface area contributed by atoms with Crippen LogP contribution in [0.1, 0.15) is 17.3 Å². The van der Waals surface area contributed by atoms with Crippen molar-refractivity contribution in [2.75, 3.05) is 6.54 Å². The Morgan fingerprint density at radius 3 is 2.40 bits per heavy atom. The summed E-state index contributed by atoms with van der Waals surface area (Å²) in [5.41, 5.74) is 5.55. The van der Waals surface area contributed by atoms with Crippen LogP contribution in [0.15, 0.2) is 18.2 Å². The lowest BCUT2D eigenvalue weighted by Crippen LogP contribution is -2.37. The van der Waals surface area contributed by atoms with Crippen LogP contribution in [0.5, 0.6) is 11.5 Å². The highest BCUT2D eigenvalue weighted by atomic mass is 16.3. The van der Waals surface area contributed by atoms with Crippen molar-refractivity contribution in [1.29, 1.82) is 0 Å². The molecule has 0 aliphatic rings. The summed E-state index contributed by atoms with van der Waals surface area (Å²) in [6, 6.07) is 3.56. The molecule has 1 rings (SSSR count). The minimum absolute atomic E-state index is 0.151. The molecule has 5 N–H and O–H groups in total. The molecular weight excluding hydrogens is 196 g/mol. The van der Waals surface area contributed by atoms with Crippen LogP contribution in [0.4, 0.5) is 0 Å². The number of hydrogen-bond donors (Lipinski definition) is 4. The van der Waals surface area contributed by atoms with Crippen molar-refractivity contribution in [2.45, 2.75) is 13.0 Å². The molecule has 0 radical (unpaired) electrons. The predicted octanol–water partition coefficient (Wildman–Crippen LogP) is 0.175. The first kappa shape index (κ1) is 11.3. The number of aromatic hydroxyl groups is 2. The highest BCUT2D eigenvalue weighted by molar-refractivity contribution is 5.95. The first-order valence-electron chi connectivity index (χ1n) is 4.57. The quantitative estimate of drug-likeness (QED) is 0.572. The monoisotopic (exact) mass is 210 g/mol. The first-order chi connectivity index (χ1) is 7.02. The summed E-state index contributed by atoms with van der Waals surface area (Å²) >= 11 is 0. The third-order valence-corrected chi connectivity index (χ3v) is 1.90. The lowest BCUT2D eigenvalue weighted by Gasteiger charge is -2.11. The zero-order valence-corrected chi connectivity index (χ0v) is 8.40. The van der Waals surface area contributed by atoms with Crippen LogP contribution in [0.3, 0.4) is 0 Å². The second-order valence-corrected chi connectivity index (χ2v) is 3.35. The summed E-state index contributed by atoms with van der Waals surface area (Å²) in [5.74, 6) is -0.680. The number of amides is 1. The van der Waals surface area contributed by atoms with Gasteiger partial charge in [-0.2, -0.15) is 0 Å². The summed E-state index contributed by atoms with van der Waals surface area (Å²) in [4.78, 5) is 11.5. The lowest BCUT2D eigenvalue weighted by atomic mass is 10.1. The van der Waals surface area contributed by atoms with E-state index in [0.717, 1.165) is 6.07 Å². The van der Waals surface area contributed by atoms with Gasteiger partial charge in [-0.3, -0.25) is 4.79 Å². The van der Waals surface area contributed by atoms with E-state index in [4.69, 9.17) is 15.9 Å². The zero-order valence-electron chi connectivity index (χ0n) is 8.40. The maximum absolute atomic E-state index is 11.5. The number of phenolic OH excluding ortho intramolecular Hbond substituents is 2. The number of nitrogens with one attached hydrogen (secondary N) is 1. The van der Waals surface area contributed by atoms with Gasteiger partial charge in [-0.1, -0.05) is 0 Å². The van der Waals surface area contributed by atoms with Crippen LogP contribution < -0.4 is 11.1 Å². The fourth-order valence-electron chi connectivity index (χ4n) is 1.09. The first-order valence-corrected chi connectivity index (χ1v) is 4.57. The van der Waals surface area contributed by atoms with E-state index >= 15 is 0 Å². The van der Waals surface area contributed by atoms with E-state index in [9.17, 15) is 4.79 Å². The summed E-state index contributed by atoms with van der Waals surface area (Å²) in [7, 11) is 0. The van der Waals surface area contributed by atoms with E-state index in [2.05, 4.69) is 5.32 Å². The Labute approximate surface area is 87.5 Å². The maximum atomic E-state index is 11.5.